The number of aromatic amines is 1. The van der Waals surface area contributed by atoms with E-state index in [2.05, 4.69) is 20.3 Å². The molecule has 1 aliphatic rings. The van der Waals surface area contributed by atoms with Gasteiger partial charge in [-0.1, -0.05) is 0 Å². The van der Waals surface area contributed by atoms with Crippen molar-refractivity contribution in [3.8, 4) is 0 Å². The molecule has 0 saturated carbocycles. The average Bonchev–Trinajstić information content (AvgIpc) is 2.79. The number of aromatic nitrogens is 3. The molecule has 3 heterocycles. The van der Waals surface area contributed by atoms with Crippen molar-refractivity contribution in [3.05, 3.63) is 18.0 Å². The summed E-state index contributed by atoms with van der Waals surface area (Å²) in [5, 5.41) is 3.45. The number of nitrogens with two attached hydrogens (primary N) is 1. The van der Waals surface area contributed by atoms with Crippen LogP contribution in [0.3, 0.4) is 0 Å². The second kappa shape index (κ2) is 4.94. The highest BCUT2D eigenvalue weighted by Gasteiger charge is 2.13. The van der Waals surface area contributed by atoms with Crippen LogP contribution in [0.5, 0.6) is 0 Å². The van der Waals surface area contributed by atoms with Crippen molar-refractivity contribution >= 4 is 17.0 Å². The van der Waals surface area contributed by atoms with E-state index in [-0.39, 0.29) is 0 Å². The Hall–Kier alpha value is -1.62. The quantitative estimate of drug-likeness (QED) is 0.765. The third-order valence-corrected chi connectivity index (χ3v) is 3.60. The summed E-state index contributed by atoms with van der Waals surface area (Å²) in [7, 11) is 0. The van der Waals surface area contributed by atoms with E-state index in [9.17, 15) is 0 Å². The third-order valence-electron chi connectivity index (χ3n) is 3.60. The van der Waals surface area contributed by atoms with Crippen LogP contribution in [0.15, 0.2) is 12.1 Å². The predicted molar refractivity (Wildman–Crippen MR) is 72.2 cm³/mol. The molecule has 1 unspecified atom stereocenters. The molecule has 3 rings (SSSR count). The Morgan fingerprint density at radius 3 is 3.11 bits per heavy atom. The molecule has 5 nitrogen and oxygen atoms in total. The number of nitrogens with one attached hydrogen (secondary N) is 2. The molecule has 18 heavy (non-hydrogen) atoms. The molecule has 0 aliphatic carbocycles. The van der Waals surface area contributed by atoms with Crippen LogP contribution in [-0.2, 0) is 6.42 Å². The Morgan fingerprint density at radius 2 is 2.28 bits per heavy atom. The number of rotatable bonds is 3. The Labute approximate surface area is 106 Å². The normalized spacial score (nSPS) is 20.3. The summed E-state index contributed by atoms with van der Waals surface area (Å²) in [5.74, 6) is 2.33. The molecule has 0 radical (unpaired) electrons. The second-order valence-corrected chi connectivity index (χ2v) is 5.04. The van der Waals surface area contributed by atoms with Crippen molar-refractivity contribution in [2.45, 2.75) is 25.7 Å². The van der Waals surface area contributed by atoms with E-state index in [1.54, 1.807) is 6.07 Å². The number of pyridine rings is 1. The first-order valence-electron chi connectivity index (χ1n) is 6.63. The lowest BCUT2D eigenvalue weighted by molar-refractivity contribution is 0.356. The van der Waals surface area contributed by atoms with E-state index >= 15 is 0 Å². The number of hydrogen-bond acceptors (Lipinski definition) is 4. The molecular formula is C13H19N5. The molecule has 0 spiro atoms. The highest BCUT2D eigenvalue weighted by molar-refractivity contribution is 5.72. The minimum atomic E-state index is 0.525. The molecule has 0 bridgehead atoms. The third kappa shape index (κ3) is 2.46. The number of piperidine rings is 1. The number of fused-ring (bicyclic) bond motifs is 1. The summed E-state index contributed by atoms with van der Waals surface area (Å²) in [6.07, 6.45) is 4.80. The zero-order chi connectivity index (χ0) is 12.4. The lowest BCUT2D eigenvalue weighted by Crippen LogP contribution is -2.29. The molecular weight excluding hydrogens is 226 g/mol. The van der Waals surface area contributed by atoms with E-state index in [0.717, 1.165) is 35.9 Å². The number of anilines is 1. The van der Waals surface area contributed by atoms with E-state index in [0.29, 0.717) is 5.82 Å². The summed E-state index contributed by atoms with van der Waals surface area (Å²) >= 11 is 0. The monoisotopic (exact) mass is 245 g/mol. The van der Waals surface area contributed by atoms with Gasteiger partial charge in [-0.2, -0.15) is 0 Å². The summed E-state index contributed by atoms with van der Waals surface area (Å²) in [6.45, 7) is 2.32. The molecule has 1 saturated heterocycles. The first-order valence-corrected chi connectivity index (χ1v) is 6.63. The summed E-state index contributed by atoms with van der Waals surface area (Å²) in [4.78, 5) is 12.0. The largest absolute Gasteiger partial charge is 0.384 e. The lowest BCUT2D eigenvalue weighted by Gasteiger charge is -2.22. The second-order valence-electron chi connectivity index (χ2n) is 5.04. The molecule has 1 aliphatic heterocycles. The van der Waals surface area contributed by atoms with E-state index in [1.807, 2.05) is 6.07 Å². The van der Waals surface area contributed by atoms with Crippen molar-refractivity contribution in [2.24, 2.45) is 5.92 Å². The van der Waals surface area contributed by atoms with Crippen LogP contribution < -0.4 is 11.1 Å². The fourth-order valence-corrected chi connectivity index (χ4v) is 2.59. The number of nitrogen functional groups attached to an aromatic ring is 1. The van der Waals surface area contributed by atoms with Gasteiger partial charge in [0, 0.05) is 6.42 Å². The number of nitrogens with zero attached hydrogens (tertiary/aromatic N) is 2. The molecule has 1 fully saturated rings. The van der Waals surface area contributed by atoms with Gasteiger partial charge < -0.3 is 16.0 Å². The van der Waals surface area contributed by atoms with Gasteiger partial charge in [0.1, 0.15) is 11.6 Å². The summed E-state index contributed by atoms with van der Waals surface area (Å²) in [6, 6.07) is 3.74. The molecule has 0 amide bonds. The molecule has 2 aromatic rings. The molecule has 96 valence electrons. The predicted octanol–water partition coefficient (Wildman–Crippen LogP) is 1.47. The van der Waals surface area contributed by atoms with Crippen LogP contribution in [-0.4, -0.2) is 28.0 Å². The van der Waals surface area contributed by atoms with Crippen LogP contribution in [0.25, 0.3) is 11.2 Å². The maximum atomic E-state index is 5.65. The number of H-pyrrole nitrogens is 1. The zero-order valence-corrected chi connectivity index (χ0v) is 10.4. The molecule has 0 aromatic carbocycles. The van der Waals surface area contributed by atoms with E-state index < -0.39 is 0 Å². The van der Waals surface area contributed by atoms with Gasteiger partial charge in [0.25, 0.3) is 0 Å². The minimum Gasteiger partial charge on any atom is -0.384 e. The van der Waals surface area contributed by atoms with Crippen LogP contribution in [0.1, 0.15) is 25.1 Å². The van der Waals surface area contributed by atoms with Crippen LogP contribution in [0.2, 0.25) is 0 Å². The average molecular weight is 245 g/mol. The van der Waals surface area contributed by atoms with E-state index in [1.165, 1.54) is 25.8 Å². The van der Waals surface area contributed by atoms with Gasteiger partial charge in [0.2, 0.25) is 0 Å². The zero-order valence-electron chi connectivity index (χ0n) is 10.4. The number of imidazole rings is 1. The van der Waals surface area contributed by atoms with Crippen LogP contribution in [0, 0.1) is 5.92 Å². The molecule has 1 atom stereocenters. The van der Waals surface area contributed by atoms with Crippen molar-refractivity contribution < 1.29 is 0 Å². The smallest absolute Gasteiger partial charge is 0.179 e. The Balaban J connectivity index is 1.67. The van der Waals surface area contributed by atoms with Gasteiger partial charge in [0.05, 0.1) is 5.52 Å². The van der Waals surface area contributed by atoms with Gasteiger partial charge >= 0.3 is 0 Å². The molecule has 5 heteroatoms. The molecule has 4 N–H and O–H groups in total. The van der Waals surface area contributed by atoms with Gasteiger partial charge in [-0.05, 0) is 50.4 Å². The van der Waals surface area contributed by atoms with Gasteiger partial charge in [-0.25, -0.2) is 9.97 Å². The van der Waals surface area contributed by atoms with Crippen molar-refractivity contribution in [1.82, 2.24) is 20.3 Å². The number of hydrogen-bond donors (Lipinski definition) is 3. The van der Waals surface area contributed by atoms with Gasteiger partial charge in [-0.3, -0.25) is 0 Å². The maximum Gasteiger partial charge on any atom is 0.179 e. The Bertz CT molecular complexity index is 527. The van der Waals surface area contributed by atoms with E-state index in [4.69, 9.17) is 5.73 Å². The summed E-state index contributed by atoms with van der Waals surface area (Å²) in [5.41, 5.74) is 7.35. The van der Waals surface area contributed by atoms with Gasteiger partial charge in [-0.15, -0.1) is 0 Å². The highest BCUT2D eigenvalue weighted by atomic mass is 15.0. The minimum absolute atomic E-state index is 0.525. The first-order chi connectivity index (χ1) is 8.81. The lowest BCUT2D eigenvalue weighted by atomic mass is 9.95. The Morgan fingerprint density at radius 1 is 1.33 bits per heavy atom. The topological polar surface area (TPSA) is 79.6 Å². The highest BCUT2D eigenvalue weighted by Crippen LogP contribution is 2.17. The number of aryl methyl sites for hydroxylation is 1. The Kier molecular flexibility index (Phi) is 3.15. The standard InChI is InChI=1S/C13H19N5/c14-11-5-4-10-13(17-11)18-12(16-10)6-3-9-2-1-7-15-8-9/h4-5,9,15H,1-3,6-8H2,(H3,14,16,17,18). The fourth-order valence-electron chi connectivity index (χ4n) is 2.59. The van der Waals surface area contributed by atoms with Crippen molar-refractivity contribution in [3.63, 3.8) is 0 Å². The van der Waals surface area contributed by atoms with Gasteiger partial charge in [0.15, 0.2) is 5.65 Å². The van der Waals surface area contributed by atoms with Crippen molar-refractivity contribution in [2.75, 3.05) is 18.8 Å². The SMILES string of the molecule is Nc1ccc2[nH]c(CCC3CCCNC3)nc2n1. The van der Waals surface area contributed by atoms with Crippen LogP contribution >= 0.6 is 0 Å². The van der Waals surface area contributed by atoms with Crippen LogP contribution in [0.4, 0.5) is 5.82 Å². The molecule has 2 aromatic heterocycles. The summed E-state index contributed by atoms with van der Waals surface area (Å²) < 4.78 is 0. The first kappa shape index (κ1) is 11.5. The van der Waals surface area contributed by atoms with Crippen molar-refractivity contribution in [1.29, 1.82) is 0 Å². The fraction of sp³-hybridized carbons (Fsp3) is 0.538. The maximum absolute atomic E-state index is 5.65.